The van der Waals surface area contributed by atoms with E-state index in [0.29, 0.717) is 0 Å². The van der Waals surface area contributed by atoms with Crippen LogP contribution in [-0.2, 0) is 8.85 Å². The zero-order chi connectivity index (χ0) is 10.2. The molecule has 0 aliphatic rings. The van der Waals surface area contributed by atoms with E-state index in [-0.39, 0.29) is 6.73 Å². The van der Waals surface area contributed by atoms with E-state index >= 15 is 0 Å². The Balaban J connectivity index is 3.57. The second kappa shape index (κ2) is 7.46. The van der Waals surface area contributed by atoms with Crippen LogP contribution in [0.1, 0.15) is 13.3 Å². The Morgan fingerprint density at radius 3 is 2.62 bits per heavy atom. The molecule has 0 saturated carbocycles. The third-order valence-corrected chi connectivity index (χ3v) is 4.96. The van der Waals surface area contributed by atoms with E-state index < -0.39 is 8.56 Å². The molecule has 1 atom stereocenters. The van der Waals surface area contributed by atoms with Crippen molar-refractivity contribution >= 4 is 8.56 Å². The highest BCUT2D eigenvalue weighted by molar-refractivity contribution is 6.65. The topological polar surface area (TPSA) is 56.5 Å². The molecule has 0 spiro atoms. The lowest BCUT2D eigenvalue weighted by Crippen LogP contribution is -2.39. The molecule has 0 aromatic rings. The second-order valence-corrected chi connectivity index (χ2v) is 6.57. The van der Waals surface area contributed by atoms with Gasteiger partial charge in [0.1, 0.15) is 0 Å². The van der Waals surface area contributed by atoms with E-state index in [1.165, 1.54) is 0 Å². The maximum atomic E-state index is 5.43. The Hall–Kier alpha value is 0.0569. The van der Waals surface area contributed by atoms with Crippen LogP contribution >= 0.6 is 0 Å². The molecule has 0 aliphatic heterocycles. The van der Waals surface area contributed by atoms with E-state index in [0.717, 1.165) is 25.6 Å². The van der Waals surface area contributed by atoms with Crippen molar-refractivity contribution in [3.05, 3.63) is 0 Å². The summed E-state index contributed by atoms with van der Waals surface area (Å²) in [5.74, 6) is 0. The zero-order valence-electron chi connectivity index (χ0n) is 8.93. The Labute approximate surface area is 82.0 Å². The summed E-state index contributed by atoms with van der Waals surface area (Å²) in [5.41, 5.74) is 5.34. The lowest BCUT2D eigenvalue weighted by atomic mass is 10.5. The molecular formula is C8H22N2O2Si. The Kier molecular flexibility index (Phi) is 7.49. The zero-order valence-corrected chi connectivity index (χ0v) is 9.93. The minimum Gasteiger partial charge on any atom is -0.398 e. The van der Waals surface area contributed by atoms with Crippen molar-refractivity contribution in [2.75, 3.05) is 26.9 Å². The van der Waals surface area contributed by atoms with E-state index in [9.17, 15) is 0 Å². The summed E-state index contributed by atoms with van der Waals surface area (Å²) in [7, 11) is -0.235. The first kappa shape index (κ1) is 13.1. The number of hydrogen-bond acceptors (Lipinski definition) is 4. The number of hydrogen-bond donors (Lipinski definition) is 2. The molecular weight excluding hydrogens is 184 g/mol. The van der Waals surface area contributed by atoms with Gasteiger partial charge in [-0.05, 0) is 32.1 Å². The summed E-state index contributed by atoms with van der Waals surface area (Å²) in [6, 6.07) is 0.994. The lowest BCUT2D eigenvalue weighted by molar-refractivity contribution is 0.209. The van der Waals surface area contributed by atoms with Crippen LogP contribution in [0.15, 0.2) is 0 Å². The van der Waals surface area contributed by atoms with Crippen molar-refractivity contribution in [3.63, 3.8) is 0 Å². The van der Waals surface area contributed by atoms with Gasteiger partial charge in [0.15, 0.2) is 0 Å². The monoisotopic (exact) mass is 206 g/mol. The number of nitrogens with one attached hydrogen (secondary N) is 1. The molecule has 0 bridgehead atoms. The van der Waals surface area contributed by atoms with Crippen LogP contribution in [0, 0.1) is 0 Å². The third kappa shape index (κ3) is 6.17. The molecule has 0 amide bonds. The Bertz CT molecular complexity index is 127. The maximum absolute atomic E-state index is 5.43. The largest absolute Gasteiger partial charge is 0.398 e. The van der Waals surface area contributed by atoms with Gasteiger partial charge in [-0.3, -0.25) is 0 Å². The molecule has 0 heterocycles. The predicted octanol–water partition coefficient (Wildman–Crippen LogP) is 0.637. The maximum Gasteiger partial charge on any atom is 0.335 e. The van der Waals surface area contributed by atoms with E-state index in [1.807, 2.05) is 6.55 Å². The first-order valence-corrected chi connectivity index (χ1v) is 7.30. The molecule has 0 aromatic carbocycles. The van der Waals surface area contributed by atoms with Gasteiger partial charge < -0.3 is 19.9 Å². The summed E-state index contributed by atoms with van der Waals surface area (Å²) in [5, 5.41) is 3.27. The molecule has 0 fully saturated rings. The van der Waals surface area contributed by atoms with Gasteiger partial charge in [-0.2, -0.15) is 0 Å². The summed E-state index contributed by atoms with van der Waals surface area (Å²) in [6.07, 6.45) is 1.09. The van der Waals surface area contributed by atoms with Gasteiger partial charge >= 0.3 is 8.56 Å². The third-order valence-electron chi connectivity index (χ3n) is 2.05. The average Bonchev–Trinajstić information content (AvgIpc) is 2.13. The summed E-state index contributed by atoms with van der Waals surface area (Å²) < 4.78 is 10.8. The van der Waals surface area contributed by atoms with E-state index in [4.69, 9.17) is 14.6 Å². The quantitative estimate of drug-likeness (QED) is 0.348. The lowest BCUT2D eigenvalue weighted by Gasteiger charge is -2.24. The highest BCUT2D eigenvalue weighted by Crippen LogP contribution is 2.13. The van der Waals surface area contributed by atoms with Crippen LogP contribution in [0.4, 0.5) is 0 Å². The highest BCUT2D eigenvalue weighted by Gasteiger charge is 2.28. The van der Waals surface area contributed by atoms with Crippen LogP contribution < -0.4 is 11.1 Å². The molecule has 5 heteroatoms. The molecule has 4 nitrogen and oxygen atoms in total. The first-order chi connectivity index (χ1) is 6.18. The van der Waals surface area contributed by atoms with Crippen molar-refractivity contribution in [2.45, 2.75) is 25.9 Å². The molecule has 13 heavy (non-hydrogen) atoms. The molecule has 1 unspecified atom stereocenters. The molecule has 0 aliphatic carbocycles. The van der Waals surface area contributed by atoms with Gasteiger partial charge in [0.2, 0.25) is 0 Å². The van der Waals surface area contributed by atoms with Crippen molar-refractivity contribution in [1.29, 1.82) is 0 Å². The van der Waals surface area contributed by atoms with E-state index in [2.05, 4.69) is 12.2 Å². The molecule has 0 rings (SSSR count). The van der Waals surface area contributed by atoms with Crippen molar-refractivity contribution < 1.29 is 8.85 Å². The average molecular weight is 206 g/mol. The van der Waals surface area contributed by atoms with E-state index in [1.54, 1.807) is 7.11 Å². The SMILES string of the molecule is CCNCCC[Si](C)(OC)OCN. The normalized spacial score (nSPS) is 15.7. The molecule has 0 aromatic heterocycles. The van der Waals surface area contributed by atoms with Crippen LogP contribution in [-0.4, -0.2) is 35.5 Å². The van der Waals surface area contributed by atoms with Crippen LogP contribution in [0.5, 0.6) is 0 Å². The van der Waals surface area contributed by atoms with Gasteiger partial charge in [0, 0.05) is 7.11 Å². The smallest absolute Gasteiger partial charge is 0.335 e. The van der Waals surface area contributed by atoms with Gasteiger partial charge in [-0.1, -0.05) is 6.92 Å². The van der Waals surface area contributed by atoms with Crippen molar-refractivity contribution in [2.24, 2.45) is 5.73 Å². The highest BCUT2D eigenvalue weighted by atomic mass is 28.4. The van der Waals surface area contributed by atoms with Crippen molar-refractivity contribution in [3.8, 4) is 0 Å². The minimum atomic E-state index is -1.94. The van der Waals surface area contributed by atoms with Crippen LogP contribution in [0.2, 0.25) is 12.6 Å². The fourth-order valence-corrected chi connectivity index (χ4v) is 2.76. The van der Waals surface area contributed by atoms with Gasteiger partial charge in [-0.15, -0.1) is 0 Å². The summed E-state index contributed by atoms with van der Waals surface area (Å²) in [6.45, 7) is 6.45. The fraction of sp³-hybridized carbons (Fsp3) is 1.00. The fourth-order valence-electron chi connectivity index (χ4n) is 1.12. The standard InChI is InChI=1S/C8H22N2O2Si/c1-4-10-6-5-7-13(3,11-2)12-8-9/h10H,4-9H2,1-3H3. The minimum absolute atomic E-state index is 0.262. The van der Waals surface area contributed by atoms with Gasteiger partial charge in [0.25, 0.3) is 0 Å². The predicted molar refractivity (Wildman–Crippen MR) is 56.7 cm³/mol. The first-order valence-electron chi connectivity index (χ1n) is 4.78. The number of nitrogens with two attached hydrogens (primary N) is 1. The Morgan fingerprint density at radius 2 is 2.15 bits per heavy atom. The Morgan fingerprint density at radius 1 is 1.46 bits per heavy atom. The molecule has 0 saturated heterocycles. The number of rotatable bonds is 8. The van der Waals surface area contributed by atoms with Gasteiger partial charge in [0.05, 0.1) is 6.73 Å². The van der Waals surface area contributed by atoms with Gasteiger partial charge in [-0.25, -0.2) is 0 Å². The van der Waals surface area contributed by atoms with Crippen molar-refractivity contribution in [1.82, 2.24) is 5.32 Å². The second-order valence-electron chi connectivity index (χ2n) is 3.11. The molecule has 3 N–H and O–H groups in total. The van der Waals surface area contributed by atoms with Crippen LogP contribution in [0.3, 0.4) is 0 Å². The summed E-state index contributed by atoms with van der Waals surface area (Å²) >= 11 is 0. The summed E-state index contributed by atoms with van der Waals surface area (Å²) in [4.78, 5) is 0. The molecule has 80 valence electrons. The molecule has 0 radical (unpaired) electrons. The van der Waals surface area contributed by atoms with Crippen LogP contribution in [0.25, 0.3) is 0 Å².